The number of Topliss-reactive ketones (excluding diaryl/α,β-unsaturated/α-hetero) is 1. The number of rotatable bonds is 4. The number of carboxylic acid groups (broad SMARTS) is 1. The van der Waals surface area contributed by atoms with Gasteiger partial charge in [0.25, 0.3) is 0 Å². The highest BCUT2D eigenvalue weighted by molar-refractivity contribution is 6.02. The van der Waals surface area contributed by atoms with Crippen molar-refractivity contribution in [3.8, 4) is 23.0 Å². The first-order chi connectivity index (χ1) is 15.2. The SMILES string of the molecule is O=C1CC(c2ccc(OC3OC(C(=O)O)C(O)C(O)C3O)cc2)Oc2cc(O)cc(O)c21. The fourth-order valence-corrected chi connectivity index (χ4v) is 3.66. The van der Waals surface area contributed by atoms with Crippen LogP contribution in [0.4, 0.5) is 0 Å². The van der Waals surface area contributed by atoms with Crippen LogP contribution < -0.4 is 9.47 Å². The minimum absolute atomic E-state index is 0.00355. The summed E-state index contributed by atoms with van der Waals surface area (Å²) < 4.78 is 16.3. The second-order valence-electron chi connectivity index (χ2n) is 7.49. The molecule has 2 aromatic rings. The highest BCUT2D eigenvalue weighted by atomic mass is 16.7. The number of aliphatic carboxylic acids is 1. The summed E-state index contributed by atoms with van der Waals surface area (Å²) in [6.07, 6.45) is -9.40. The third-order valence-electron chi connectivity index (χ3n) is 5.30. The standard InChI is InChI=1S/C21H20O11/c22-9-5-11(23)15-12(24)7-13(31-14(15)6-9)8-1-3-10(4-2-8)30-21-18(27)16(25)17(26)19(32-21)20(28)29/h1-6,13,16-19,21-23,25-27H,7H2,(H,28,29). The second-order valence-corrected chi connectivity index (χ2v) is 7.49. The normalized spacial score (nSPS) is 29.7. The number of ketones is 1. The van der Waals surface area contributed by atoms with Crippen LogP contribution in [0.3, 0.4) is 0 Å². The number of carbonyl (C=O) groups excluding carboxylic acids is 1. The molecule has 11 heteroatoms. The van der Waals surface area contributed by atoms with Crippen molar-refractivity contribution in [2.75, 3.05) is 0 Å². The van der Waals surface area contributed by atoms with E-state index in [1.54, 1.807) is 12.1 Å². The van der Waals surface area contributed by atoms with Gasteiger partial charge < -0.3 is 44.8 Å². The molecule has 0 aromatic heterocycles. The largest absolute Gasteiger partial charge is 0.508 e. The van der Waals surface area contributed by atoms with Crippen molar-refractivity contribution in [3.63, 3.8) is 0 Å². The van der Waals surface area contributed by atoms with Gasteiger partial charge in [0.2, 0.25) is 6.29 Å². The van der Waals surface area contributed by atoms with Crippen LogP contribution in [-0.2, 0) is 9.53 Å². The van der Waals surface area contributed by atoms with E-state index in [1.807, 2.05) is 0 Å². The topological polar surface area (TPSA) is 183 Å². The van der Waals surface area contributed by atoms with Gasteiger partial charge in [-0.2, -0.15) is 0 Å². The van der Waals surface area contributed by atoms with E-state index in [4.69, 9.17) is 19.3 Å². The molecular formula is C21H20O11. The lowest BCUT2D eigenvalue weighted by Gasteiger charge is -2.38. The van der Waals surface area contributed by atoms with E-state index in [0.29, 0.717) is 5.56 Å². The van der Waals surface area contributed by atoms with Gasteiger partial charge >= 0.3 is 5.97 Å². The smallest absolute Gasteiger partial charge is 0.335 e. The number of aromatic hydroxyl groups is 2. The number of phenolic OH excluding ortho intramolecular Hbond substituents is 2. The van der Waals surface area contributed by atoms with E-state index in [1.165, 1.54) is 18.2 Å². The molecule has 4 rings (SSSR count). The van der Waals surface area contributed by atoms with Crippen molar-refractivity contribution in [3.05, 3.63) is 47.5 Å². The lowest BCUT2D eigenvalue weighted by atomic mass is 9.95. The molecule has 0 amide bonds. The summed E-state index contributed by atoms with van der Waals surface area (Å²) in [6, 6.07) is 8.34. The predicted octanol–water partition coefficient (Wildman–Crippen LogP) is 0.0753. The number of carboxylic acids is 1. The van der Waals surface area contributed by atoms with Crippen LogP contribution >= 0.6 is 0 Å². The van der Waals surface area contributed by atoms with E-state index in [0.717, 1.165) is 6.07 Å². The Balaban J connectivity index is 1.49. The third kappa shape index (κ3) is 3.94. The van der Waals surface area contributed by atoms with Gasteiger partial charge in [0.05, 0.1) is 6.42 Å². The summed E-state index contributed by atoms with van der Waals surface area (Å²) in [7, 11) is 0. The summed E-state index contributed by atoms with van der Waals surface area (Å²) in [6.45, 7) is 0. The molecular weight excluding hydrogens is 428 g/mol. The Kier molecular flexibility index (Phi) is 5.65. The third-order valence-corrected chi connectivity index (χ3v) is 5.30. The Hall–Kier alpha value is -3.38. The van der Waals surface area contributed by atoms with Crippen LogP contribution in [-0.4, -0.2) is 73.1 Å². The molecule has 1 fully saturated rings. The molecule has 2 heterocycles. The molecule has 11 nitrogen and oxygen atoms in total. The first kappa shape index (κ1) is 21.8. The number of hydrogen-bond donors (Lipinski definition) is 6. The van der Waals surface area contributed by atoms with Gasteiger partial charge in [-0.1, -0.05) is 12.1 Å². The minimum Gasteiger partial charge on any atom is -0.508 e. The number of phenols is 2. The van der Waals surface area contributed by atoms with Gasteiger partial charge in [-0.05, 0) is 17.7 Å². The minimum atomic E-state index is -1.83. The molecule has 6 unspecified atom stereocenters. The monoisotopic (exact) mass is 448 g/mol. The highest BCUT2D eigenvalue weighted by Crippen LogP contribution is 2.41. The van der Waals surface area contributed by atoms with E-state index >= 15 is 0 Å². The van der Waals surface area contributed by atoms with Crippen molar-refractivity contribution >= 4 is 11.8 Å². The number of carbonyl (C=O) groups is 2. The number of hydrogen-bond acceptors (Lipinski definition) is 10. The van der Waals surface area contributed by atoms with Crippen molar-refractivity contribution in [2.45, 2.75) is 43.2 Å². The lowest BCUT2D eigenvalue weighted by Crippen LogP contribution is -2.61. The number of ether oxygens (including phenoxy) is 3. The van der Waals surface area contributed by atoms with Gasteiger partial charge in [0, 0.05) is 12.1 Å². The molecule has 0 aliphatic carbocycles. The van der Waals surface area contributed by atoms with E-state index in [9.17, 15) is 35.1 Å². The second kappa shape index (κ2) is 8.28. The zero-order valence-corrected chi connectivity index (χ0v) is 16.4. The summed E-state index contributed by atoms with van der Waals surface area (Å²) in [5, 5.41) is 58.3. The molecule has 0 spiro atoms. The predicted molar refractivity (Wildman–Crippen MR) is 103 cm³/mol. The summed E-state index contributed by atoms with van der Waals surface area (Å²) >= 11 is 0. The van der Waals surface area contributed by atoms with Crippen LogP contribution in [0.5, 0.6) is 23.0 Å². The van der Waals surface area contributed by atoms with Crippen LogP contribution in [0.15, 0.2) is 36.4 Å². The van der Waals surface area contributed by atoms with Gasteiger partial charge in [-0.25, -0.2) is 4.79 Å². The molecule has 0 radical (unpaired) electrons. The maximum atomic E-state index is 12.4. The van der Waals surface area contributed by atoms with Crippen molar-refractivity contribution in [1.82, 2.24) is 0 Å². The highest BCUT2D eigenvalue weighted by Gasteiger charge is 2.48. The summed E-state index contributed by atoms with van der Waals surface area (Å²) in [5.41, 5.74) is 0.569. The average Bonchev–Trinajstić information content (AvgIpc) is 2.73. The molecule has 2 aliphatic heterocycles. The summed E-state index contributed by atoms with van der Waals surface area (Å²) in [4.78, 5) is 23.6. The average molecular weight is 448 g/mol. The Morgan fingerprint density at radius 2 is 1.69 bits per heavy atom. The molecule has 6 atom stereocenters. The molecule has 32 heavy (non-hydrogen) atoms. The first-order valence-corrected chi connectivity index (χ1v) is 9.60. The molecule has 6 N–H and O–H groups in total. The van der Waals surface area contributed by atoms with E-state index in [-0.39, 0.29) is 40.8 Å². The maximum Gasteiger partial charge on any atom is 0.335 e. The number of aliphatic hydroxyl groups excluding tert-OH is 3. The van der Waals surface area contributed by atoms with E-state index in [2.05, 4.69) is 0 Å². The Labute approximate surface area is 180 Å². The Morgan fingerprint density at radius 3 is 2.34 bits per heavy atom. The number of aliphatic hydroxyl groups is 3. The molecule has 170 valence electrons. The van der Waals surface area contributed by atoms with Gasteiger partial charge in [-0.3, -0.25) is 4.79 Å². The number of fused-ring (bicyclic) bond motifs is 1. The maximum absolute atomic E-state index is 12.4. The zero-order valence-electron chi connectivity index (χ0n) is 16.4. The first-order valence-electron chi connectivity index (χ1n) is 9.60. The van der Waals surface area contributed by atoms with Crippen LogP contribution in [0.1, 0.15) is 28.4 Å². The Bertz CT molecular complexity index is 1030. The molecule has 0 bridgehead atoms. The van der Waals surface area contributed by atoms with Gasteiger partial charge in [0.1, 0.15) is 53.0 Å². The quantitative estimate of drug-likeness (QED) is 0.372. The van der Waals surface area contributed by atoms with Crippen molar-refractivity contribution in [2.24, 2.45) is 0 Å². The zero-order chi connectivity index (χ0) is 23.2. The number of benzene rings is 2. The van der Waals surface area contributed by atoms with Crippen LogP contribution in [0.2, 0.25) is 0 Å². The van der Waals surface area contributed by atoms with Crippen LogP contribution in [0.25, 0.3) is 0 Å². The lowest BCUT2D eigenvalue weighted by molar-refractivity contribution is -0.271. The van der Waals surface area contributed by atoms with E-state index < -0.39 is 42.8 Å². The fourth-order valence-electron chi connectivity index (χ4n) is 3.66. The molecule has 0 saturated carbocycles. The molecule has 1 saturated heterocycles. The Morgan fingerprint density at radius 1 is 1.00 bits per heavy atom. The fraction of sp³-hybridized carbons (Fsp3) is 0.333. The van der Waals surface area contributed by atoms with Crippen molar-refractivity contribution < 1.29 is 54.4 Å². The van der Waals surface area contributed by atoms with Crippen LogP contribution in [0, 0.1) is 0 Å². The molecule has 2 aliphatic rings. The summed E-state index contributed by atoms with van der Waals surface area (Å²) in [5.74, 6) is -2.30. The van der Waals surface area contributed by atoms with Gasteiger partial charge in [0.15, 0.2) is 11.9 Å². The van der Waals surface area contributed by atoms with Gasteiger partial charge in [-0.15, -0.1) is 0 Å². The molecule has 2 aromatic carbocycles. The van der Waals surface area contributed by atoms with Crippen molar-refractivity contribution in [1.29, 1.82) is 0 Å².